The molecule has 0 aliphatic rings. The van der Waals surface area contributed by atoms with Gasteiger partial charge in [-0.15, -0.1) is 0 Å². The number of benzene rings is 2. The Morgan fingerprint density at radius 1 is 1.27 bits per heavy atom. The number of ether oxygens (including phenoxy) is 1. The molecule has 3 N–H and O–H groups in total. The number of anilines is 2. The minimum Gasteiger partial charge on any atom is -0.452 e. The van der Waals surface area contributed by atoms with E-state index in [1.165, 1.54) is 30.3 Å². The third-order valence-corrected chi connectivity index (χ3v) is 3.87. The van der Waals surface area contributed by atoms with Gasteiger partial charge in [-0.2, -0.15) is 0 Å². The van der Waals surface area contributed by atoms with Crippen molar-refractivity contribution >= 4 is 52.1 Å². The first-order valence-corrected chi connectivity index (χ1v) is 7.91. The smallest absolute Gasteiger partial charge is 0.340 e. The Balaban J connectivity index is 2.02. The number of halogens is 2. The zero-order chi connectivity index (χ0) is 19.4. The van der Waals surface area contributed by atoms with Crippen LogP contribution >= 0.6 is 23.2 Å². The number of nitrogens with zero attached hydrogens (tertiary/aromatic N) is 1. The van der Waals surface area contributed by atoms with Crippen LogP contribution in [-0.2, 0) is 9.53 Å². The average molecular weight is 398 g/mol. The van der Waals surface area contributed by atoms with E-state index >= 15 is 0 Å². The van der Waals surface area contributed by atoms with Crippen LogP contribution in [-0.4, -0.2) is 23.4 Å². The first-order chi connectivity index (χ1) is 12.2. The number of nitro benzene ring substituents is 1. The van der Waals surface area contributed by atoms with Crippen LogP contribution in [0, 0.1) is 17.0 Å². The highest BCUT2D eigenvalue weighted by molar-refractivity contribution is 6.37. The molecule has 8 nitrogen and oxygen atoms in total. The Morgan fingerprint density at radius 2 is 1.96 bits per heavy atom. The lowest BCUT2D eigenvalue weighted by molar-refractivity contribution is -0.385. The van der Waals surface area contributed by atoms with Crippen molar-refractivity contribution in [2.45, 2.75) is 6.92 Å². The van der Waals surface area contributed by atoms with Crippen molar-refractivity contribution < 1.29 is 19.2 Å². The van der Waals surface area contributed by atoms with Crippen LogP contribution < -0.4 is 11.1 Å². The van der Waals surface area contributed by atoms with E-state index in [0.29, 0.717) is 5.56 Å². The molecule has 0 saturated heterocycles. The number of aryl methyl sites for hydroxylation is 1. The molecule has 0 radical (unpaired) electrons. The first-order valence-electron chi connectivity index (χ1n) is 7.15. The fourth-order valence-electron chi connectivity index (χ4n) is 2.04. The quantitative estimate of drug-likeness (QED) is 0.343. The van der Waals surface area contributed by atoms with Gasteiger partial charge >= 0.3 is 5.97 Å². The number of nitrogens with two attached hydrogens (primary N) is 1. The molecule has 1 amide bonds. The number of hydrogen-bond acceptors (Lipinski definition) is 6. The summed E-state index contributed by atoms with van der Waals surface area (Å²) in [4.78, 5) is 34.3. The summed E-state index contributed by atoms with van der Waals surface area (Å²) in [6.45, 7) is 0.954. The van der Waals surface area contributed by atoms with Crippen LogP contribution in [0.2, 0.25) is 10.0 Å². The number of esters is 1. The third-order valence-electron chi connectivity index (χ3n) is 3.34. The maximum Gasteiger partial charge on any atom is 0.340 e. The number of amides is 1. The minimum absolute atomic E-state index is 0.0179. The normalized spacial score (nSPS) is 10.3. The van der Waals surface area contributed by atoms with Gasteiger partial charge in [-0.25, -0.2) is 4.79 Å². The highest BCUT2D eigenvalue weighted by Crippen LogP contribution is 2.28. The highest BCUT2D eigenvalue weighted by Gasteiger charge is 2.17. The maximum atomic E-state index is 12.0. The van der Waals surface area contributed by atoms with E-state index in [1.807, 2.05) is 0 Å². The predicted octanol–water partition coefficient (Wildman–Crippen LogP) is 3.59. The molecule has 0 bridgehead atoms. The summed E-state index contributed by atoms with van der Waals surface area (Å²) in [6, 6.07) is 6.84. The lowest BCUT2D eigenvalue weighted by Gasteiger charge is -2.09. The standard InChI is InChI=1S/C16H13Cl2N3O5/c1-8-2-3-10(6-13(8)21(24)25)20-14(22)7-26-16(23)11-4-9(17)5-12(18)15(11)19/h2-6H,7,19H2,1H3,(H,20,22). The summed E-state index contributed by atoms with van der Waals surface area (Å²) in [7, 11) is 0. The second kappa shape index (κ2) is 8.03. The van der Waals surface area contributed by atoms with Gasteiger partial charge in [0.15, 0.2) is 6.61 Å². The Hall–Kier alpha value is -2.84. The van der Waals surface area contributed by atoms with Crippen LogP contribution in [0.15, 0.2) is 30.3 Å². The monoisotopic (exact) mass is 397 g/mol. The third kappa shape index (κ3) is 4.62. The molecule has 0 heterocycles. The molecular formula is C16H13Cl2N3O5. The highest BCUT2D eigenvalue weighted by atomic mass is 35.5. The second-order valence-electron chi connectivity index (χ2n) is 5.23. The van der Waals surface area contributed by atoms with Gasteiger partial charge < -0.3 is 15.8 Å². The Kier molecular flexibility index (Phi) is 6.01. The van der Waals surface area contributed by atoms with Gasteiger partial charge in [-0.05, 0) is 25.1 Å². The molecule has 10 heteroatoms. The molecule has 2 rings (SSSR count). The van der Waals surface area contributed by atoms with Gasteiger partial charge in [0.25, 0.3) is 11.6 Å². The number of nitro groups is 1. The zero-order valence-corrected chi connectivity index (χ0v) is 14.9. The predicted molar refractivity (Wildman–Crippen MR) is 97.6 cm³/mol. The molecule has 2 aromatic rings. The van der Waals surface area contributed by atoms with Crippen molar-refractivity contribution in [3.05, 3.63) is 61.6 Å². The topological polar surface area (TPSA) is 125 Å². The maximum absolute atomic E-state index is 12.0. The van der Waals surface area contributed by atoms with E-state index in [1.54, 1.807) is 6.92 Å². The van der Waals surface area contributed by atoms with Gasteiger partial charge in [0, 0.05) is 22.3 Å². The van der Waals surface area contributed by atoms with Crippen molar-refractivity contribution in [2.24, 2.45) is 0 Å². The molecular weight excluding hydrogens is 385 g/mol. The fraction of sp³-hybridized carbons (Fsp3) is 0.125. The van der Waals surface area contributed by atoms with Crippen LogP contribution in [0.3, 0.4) is 0 Å². The van der Waals surface area contributed by atoms with Crippen molar-refractivity contribution in [2.75, 3.05) is 17.7 Å². The molecule has 0 unspecified atom stereocenters. The number of rotatable bonds is 5. The van der Waals surface area contributed by atoms with E-state index in [4.69, 9.17) is 33.7 Å². The average Bonchev–Trinajstić information content (AvgIpc) is 2.57. The molecule has 0 fully saturated rings. The lowest BCUT2D eigenvalue weighted by Crippen LogP contribution is -2.21. The second-order valence-corrected chi connectivity index (χ2v) is 6.08. The molecule has 0 aliphatic carbocycles. The van der Waals surface area contributed by atoms with E-state index in [2.05, 4.69) is 5.32 Å². The summed E-state index contributed by atoms with van der Waals surface area (Å²) < 4.78 is 4.87. The van der Waals surface area contributed by atoms with Crippen molar-refractivity contribution in [3.63, 3.8) is 0 Å². The Morgan fingerprint density at radius 3 is 2.62 bits per heavy atom. The molecule has 26 heavy (non-hydrogen) atoms. The summed E-state index contributed by atoms with van der Waals surface area (Å²) in [5, 5.41) is 13.6. The van der Waals surface area contributed by atoms with Crippen molar-refractivity contribution in [3.8, 4) is 0 Å². The van der Waals surface area contributed by atoms with Gasteiger partial charge in [0.1, 0.15) is 0 Å². The van der Waals surface area contributed by atoms with Gasteiger partial charge in [0.2, 0.25) is 0 Å². The molecule has 2 aromatic carbocycles. The molecule has 0 aromatic heterocycles. The fourth-order valence-corrected chi connectivity index (χ4v) is 2.54. The molecule has 0 saturated carbocycles. The van der Waals surface area contributed by atoms with Crippen LogP contribution in [0.4, 0.5) is 17.1 Å². The van der Waals surface area contributed by atoms with Crippen LogP contribution in [0.25, 0.3) is 0 Å². The first kappa shape index (κ1) is 19.5. The summed E-state index contributed by atoms with van der Waals surface area (Å²) in [6.07, 6.45) is 0. The number of hydrogen-bond donors (Lipinski definition) is 2. The zero-order valence-electron chi connectivity index (χ0n) is 13.4. The molecule has 0 spiro atoms. The van der Waals surface area contributed by atoms with Crippen molar-refractivity contribution in [1.29, 1.82) is 0 Å². The lowest BCUT2D eigenvalue weighted by atomic mass is 10.2. The number of carbonyl (C=O) groups excluding carboxylic acids is 2. The van der Waals surface area contributed by atoms with Crippen LogP contribution in [0.5, 0.6) is 0 Å². The van der Waals surface area contributed by atoms with E-state index < -0.39 is 23.4 Å². The summed E-state index contributed by atoms with van der Waals surface area (Å²) in [5.41, 5.74) is 6.12. The number of carbonyl (C=O) groups is 2. The largest absolute Gasteiger partial charge is 0.452 e. The number of nitrogen functional groups attached to an aromatic ring is 1. The SMILES string of the molecule is Cc1ccc(NC(=O)COC(=O)c2cc(Cl)cc(Cl)c2N)cc1[N+](=O)[O-]. The Bertz CT molecular complexity index is 902. The Labute approximate surface area is 158 Å². The minimum atomic E-state index is -0.878. The van der Waals surface area contributed by atoms with Crippen LogP contribution in [0.1, 0.15) is 15.9 Å². The van der Waals surface area contributed by atoms with E-state index in [-0.39, 0.29) is 32.7 Å². The van der Waals surface area contributed by atoms with E-state index in [0.717, 1.165) is 0 Å². The molecule has 0 aliphatic heterocycles. The molecule has 136 valence electrons. The molecule has 0 atom stereocenters. The van der Waals surface area contributed by atoms with Gasteiger partial charge in [-0.3, -0.25) is 14.9 Å². The summed E-state index contributed by atoms with van der Waals surface area (Å²) in [5.74, 6) is -1.56. The van der Waals surface area contributed by atoms with E-state index in [9.17, 15) is 19.7 Å². The van der Waals surface area contributed by atoms with Gasteiger partial charge in [0.05, 0.1) is 21.2 Å². The van der Waals surface area contributed by atoms with Gasteiger partial charge in [-0.1, -0.05) is 29.3 Å². The van der Waals surface area contributed by atoms with Crippen molar-refractivity contribution in [1.82, 2.24) is 0 Å². The number of nitrogens with one attached hydrogen (secondary N) is 1. The summed E-state index contributed by atoms with van der Waals surface area (Å²) >= 11 is 11.6.